The number of aryl methyl sites for hydroxylation is 1. The van der Waals surface area contributed by atoms with Gasteiger partial charge in [-0.05, 0) is 36.4 Å². The molecule has 0 fully saturated rings. The summed E-state index contributed by atoms with van der Waals surface area (Å²) in [5.41, 5.74) is 5.41. The molecule has 0 saturated carbocycles. The lowest BCUT2D eigenvalue weighted by Gasteiger charge is -2.01. The lowest BCUT2D eigenvalue weighted by Crippen LogP contribution is -2.00. The molecule has 0 saturated heterocycles. The minimum Gasteiger partial charge on any atom is -0.508 e. The summed E-state index contributed by atoms with van der Waals surface area (Å²) in [6, 6.07) is 10.1. The van der Waals surface area contributed by atoms with E-state index in [0.717, 1.165) is 15.4 Å². The Labute approximate surface area is 155 Å². The zero-order valence-corrected chi connectivity index (χ0v) is 15.1. The molecule has 26 heavy (non-hydrogen) atoms. The van der Waals surface area contributed by atoms with E-state index in [9.17, 15) is 10.2 Å². The molecule has 4 rings (SSSR count). The molecule has 0 aliphatic rings. The molecule has 2 aromatic carbocycles. The lowest BCUT2D eigenvalue weighted by molar-refractivity contribution is 0.459. The van der Waals surface area contributed by atoms with Gasteiger partial charge in [-0.3, -0.25) is 0 Å². The predicted molar refractivity (Wildman–Crippen MR) is 102 cm³/mol. The van der Waals surface area contributed by atoms with E-state index in [2.05, 4.69) is 41.6 Å². The van der Waals surface area contributed by atoms with Gasteiger partial charge < -0.3 is 14.8 Å². The first-order valence-electron chi connectivity index (χ1n) is 7.62. The van der Waals surface area contributed by atoms with Crippen LogP contribution in [0.1, 0.15) is 5.56 Å². The summed E-state index contributed by atoms with van der Waals surface area (Å²) >= 11 is 3.46. The highest BCUT2D eigenvalue weighted by Gasteiger charge is 2.12. The lowest BCUT2D eigenvalue weighted by atomic mass is 10.2. The number of hydrogen-bond acceptors (Lipinski definition) is 7. The van der Waals surface area contributed by atoms with Crippen molar-refractivity contribution in [2.45, 2.75) is 0 Å². The Bertz CT molecular complexity index is 1170. The largest absolute Gasteiger partial charge is 0.508 e. The molecule has 0 bridgehead atoms. The smallest absolute Gasteiger partial charge is 0.265 e. The van der Waals surface area contributed by atoms with Crippen molar-refractivity contribution in [2.24, 2.45) is 12.1 Å². The third-order valence-electron chi connectivity index (χ3n) is 3.94. The fraction of sp³-hybridized carbons (Fsp3) is 0.0588. The molecule has 0 aliphatic carbocycles. The SMILES string of the molecule is Cn1c2ccc(Br)cc2c2nnc(N/N=C/c3cc(O)ccc3O)nc21. The van der Waals surface area contributed by atoms with E-state index in [1.165, 1.54) is 24.4 Å². The molecule has 9 heteroatoms. The first kappa shape index (κ1) is 16.3. The number of fused-ring (bicyclic) bond motifs is 3. The van der Waals surface area contributed by atoms with Crippen molar-refractivity contribution in [2.75, 3.05) is 5.43 Å². The highest BCUT2D eigenvalue weighted by Crippen LogP contribution is 2.28. The van der Waals surface area contributed by atoms with Crippen LogP contribution in [-0.4, -0.2) is 36.2 Å². The Hall–Kier alpha value is -3.20. The van der Waals surface area contributed by atoms with Crippen LogP contribution in [0.2, 0.25) is 0 Å². The van der Waals surface area contributed by atoms with E-state index < -0.39 is 0 Å². The fourth-order valence-electron chi connectivity index (χ4n) is 2.68. The first-order chi connectivity index (χ1) is 12.5. The molecule has 2 aromatic heterocycles. The molecule has 0 aliphatic heterocycles. The van der Waals surface area contributed by atoms with Gasteiger partial charge in [0, 0.05) is 22.5 Å². The average molecular weight is 413 g/mol. The van der Waals surface area contributed by atoms with Gasteiger partial charge in [0.25, 0.3) is 5.95 Å². The molecule has 3 N–H and O–H groups in total. The van der Waals surface area contributed by atoms with E-state index in [4.69, 9.17) is 0 Å². The van der Waals surface area contributed by atoms with Crippen molar-refractivity contribution in [3.63, 3.8) is 0 Å². The number of rotatable bonds is 3. The van der Waals surface area contributed by atoms with Gasteiger partial charge in [0.15, 0.2) is 5.65 Å². The number of hydrogen-bond donors (Lipinski definition) is 3. The molecule has 0 spiro atoms. The maximum atomic E-state index is 9.73. The summed E-state index contributed by atoms with van der Waals surface area (Å²) in [5.74, 6) is 0.255. The van der Waals surface area contributed by atoms with Gasteiger partial charge in [-0.2, -0.15) is 10.1 Å². The molecule has 0 unspecified atom stereocenters. The molecule has 8 nitrogen and oxygen atoms in total. The molecule has 130 valence electrons. The number of anilines is 1. The number of nitrogens with one attached hydrogen (secondary N) is 1. The normalized spacial score (nSPS) is 11.6. The molecule has 0 radical (unpaired) electrons. The quantitative estimate of drug-likeness (QED) is 0.271. The van der Waals surface area contributed by atoms with Gasteiger partial charge in [-0.25, -0.2) is 5.43 Å². The third kappa shape index (κ3) is 2.82. The minimum atomic E-state index is 0.00195. The van der Waals surface area contributed by atoms with Gasteiger partial charge in [-0.1, -0.05) is 15.9 Å². The number of phenols is 2. The van der Waals surface area contributed by atoms with Crippen LogP contribution in [0.3, 0.4) is 0 Å². The minimum absolute atomic E-state index is 0.00195. The van der Waals surface area contributed by atoms with Gasteiger partial charge in [0.2, 0.25) is 0 Å². The highest BCUT2D eigenvalue weighted by molar-refractivity contribution is 9.10. The molecule has 2 heterocycles. The monoisotopic (exact) mass is 412 g/mol. The van der Waals surface area contributed by atoms with E-state index in [1.54, 1.807) is 0 Å². The number of aromatic hydroxyl groups is 2. The summed E-state index contributed by atoms with van der Waals surface area (Å²) in [4.78, 5) is 4.45. The van der Waals surface area contributed by atoms with Crippen molar-refractivity contribution < 1.29 is 10.2 Å². The Morgan fingerprint density at radius 1 is 1.15 bits per heavy atom. The Balaban J connectivity index is 1.67. The van der Waals surface area contributed by atoms with Gasteiger partial charge in [0.05, 0.1) is 11.7 Å². The van der Waals surface area contributed by atoms with Crippen LogP contribution in [0.15, 0.2) is 46.0 Å². The zero-order chi connectivity index (χ0) is 18.3. The van der Waals surface area contributed by atoms with Crippen LogP contribution < -0.4 is 5.43 Å². The number of hydrazone groups is 1. The number of halogens is 1. The molecular formula is C17H13BrN6O2. The molecule has 0 amide bonds. The predicted octanol–water partition coefficient (Wildman–Crippen LogP) is 3.14. The highest BCUT2D eigenvalue weighted by atomic mass is 79.9. The number of nitrogens with zero attached hydrogens (tertiary/aromatic N) is 5. The van der Waals surface area contributed by atoms with Crippen LogP contribution >= 0.6 is 15.9 Å². The Morgan fingerprint density at radius 2 is 2.00 bits per heavy atom. The van der Waals surface area contributed by atoms with E-state index in [1.807, 2.05) is 29.8 Å². The second kappa shape index (κ2) is 6.26. The van der Waals surface area contributed by atoms with Crippen molar-refractivity contribution in [3.05, 3.63) is 46.4 Å². The van der Waals surface area contributed by atoms with Gasteiger partial charge >= 0.3 is 0 Å². The maximum Gasteiger partial charge on any atom is 0.265 e. The van der Waals surface area contributed by atoms with Crippen LogP contribution in [0.25, 0.3) is 22.1 Å². The van der Waals surface area contributed by atoms with Gasteiger partial charge in [0.1, 0.15) is 17.0 Å². The van der Waals surface area contributed by atoms with Crippen molar-refractivity contribution >= 4 is 50.2 Å². The van der Waals surface area contributed by atoms with Crippen LogP contribution in [-0.2, 0) is 7.05 Å². The Kier molecular flexibility index (Phi) is 3.92. The van der Waals surface area contributed by atoms with Crippen LogP contribution in [0.4, 0.5) is 5.95 Å². The van der Waals surface area contributed by atoms with E-state index in [0.29, 0.717) is 16.7 Å². The van der Waals surface area contributed by atoms with E-state index >= 15 is 0 Å². The summed E-state index contributed by atoms with van der Waals surface area (Å²) in [6.45, 7) is 0. The molecular weight excluding hydrogens is 400 g/mol. The Morgan fingerprint density at radius 3 is 2.85 bits per heavy atom. The van der Waals surface area contributed by atoms with Crippen molar-refractivity contribution in [3.8, 4) is 11.5 Å². The van der Waals surface area contributed by atoms with Crippen molar-refractivity contribution in [1.29, 1.82) is 0 Å². The second-order valence-corrected chi connectivity index (χ2v) is 6.56. The number of benzene rings is 2. The topological polar surface area (TPSA) is 108 Å². The third-order valence-corrected chi connectivity index (χ3v) is 4.43. The summed E-state index contributed by atoms with van der Waals surface area (Å²) in [7, 11) is 1.91. The number of phenolic OH excluding ortho intramolecular Hbond substituents is 2. The average Bonchev–Trinajstić information content (AvgIpc) is 2.90. The maximum absolute atomic E-state index is 9.73. The van der Waals surface area contributed by atoms with Crippen molar-refractivity contribution in [1.82, 2.24) is 19.7 Å². The van der Waals surface area contributed by atoms with Crippen LogP contribution in [0, 0.1) is 0 Å². The summed E-state index contributed by atoms with van der Waals surface area (Å²) < 4.78 is 2.89. The fourth-order valence-corrected chi connectivity index (χ4v) is 3.04. The van der Waals surface area contributed by atoms with E-state index in [-0.39, 0.29) is 17.4 Å². The summed E-state index contributed by atoms with van der Waals surface area (Å²) in [5, 5.41) is 32.4. The second-order valence-electron chi connectivity index (χ2n) is 5.64. The van der Waals surface area contributed by atoms with Gasteiger partial charge in [-0.15, -0.1) is 10.2 Å². The zero-order valence-electron chi connectivity index (χ0n) is 13.5. The first-order valence-corrected chi connectivity index (χ1v) is 8.41. The molecule has 0 atom stereocenters. The standard InChI is InChI=1S/C17H13BrN6O2/c1-24-13-4-2-10(18)7-12(13)15-16(24)20-17(23-21-15)22-19-8-9-6-11(25)3-5-14(9)26/h2-8,25-26H,1H3,(H,20,22,23)/b19-8+. The molecule has 4 aromatic rings. The van der Waals surface area contributed by atoms with Crippen LogP contribution in [0.5, 0.6) is 11.5 Å². The summed E-state index contributed by atoms with van der Waals surface area (Å²) in [6.07, 6.45) is 1.36. The number of aromatic nitrogens is 4.